The SMILES string of the molecule is C=C1c2cc(SNC(C)C)sc2N(CC2CC2)C(=O)N1Cc1cnc(C)s1. The van der Waals surface area contributed by atoms with Crippen molar-refractivity contribution in [3.8, 4) is 0 Å². The summed E-state index contributed by atoms with van der Waals surface area (Å²) in [5, 5.41) is 2.06. The molecule has 5 nitrogen and oxygen atoms in total. The number of thiazole rings is 1. The molecule has 8 heteroatoms. The van der Waals surface area contributed by atoms with Crippen LogP contribution in [0.4, 0.5) is 9.80 Å². The number of nitrogens with one attached hydrogen (secondary N) is 1. The fourth-order valence-electron chi connectivity index (χ4n) is 3.00. The van der Waals surface area contributed by atoms with E-state index in [0.717, 1.165) is 32.7 Å². The Morgan fingerprint density at radius 3 is 2.78 bits per heavy atom. The number of aryl methyl sites for hydroxylation is 1. The number of carbonyl (C=O) groups is 1. The Hall–Kier alpha value is -1.35. The number of carbonyl (C=O) groups excluding carboxylic acids is 1. The number of fused-ring (bicyclic) bond motifs is 1. The van der Waals surface area contributed by atoms with Gasteiger partial charge in [0.05, 0.1) is 15.8 Å². The fourth-order valence-corrected chi connectivity index (χ4v) is 5.78. The van der Waals surface area contributed by atoms with Crippen LogP contribution in [0.15, 0.2) is 23.1 Å². The zero-order valence-electron chi connectivity index (χ0n) is 15.8. The molecule has 1 aliphatic heterocycles. The Bertz CT molecular complexity index is 868. The molecule has 0 unspecified atom stereocenters. The number of rotatable bonds is 7. The van der Waals surface area contributed by atoms with Gasteiger partial charge in [-0.05, 0) is 57.5 Å². The Kier molecular flexibility index (Phi) is 5.33. The van der Waals surface area contributed by atoms with E-state index in [4.69, 9.17) is 0 Å². The van der Waals surface area contributed by atoms with Crippen LogP contribution in [0.1, 0.15) is 42.1 Å². The summed E-state index contributed by atoms with van der Waals surface area (Å²) in [7, 11) is 0. The van der Waals surface area contributed by atoms with Crippen molar-refractivity contribution in [2.75, 3.05) is 11.4 Å². The Morgan fingerprint density at radius 1 is 1.37 bits per heavy atom. The molecule has 1 N–H and O–H groups in total. The first-order chi connectivity index (χ1) is 12.9. The fraction of sp³-hybridized carbons (Fsp3) is 0.474. The maximum atomic E-state index is 13.3. The van der Waals surface area contributed by atoms with Crippen LogP contribution in [0.25, 0.3) is 5.70 Å². The molecule has 2 amide bonds. The molecule has 0 bridgehead atoms. The van der Waals surface area contributed by atoms with E-state index in [1.807, 2.05) is 22.9 Å². The minimum Gasteiger partial charge on any atom is -0.289 e. The van der Waals surface area contributed by atoms with Gasteiger partial charge in [-0.3, -0.25) is 14.5 Å². The molecule has 0 aromatic carbocycles. The molecule has 1 aliphatic carbocycles. The highest BCUT2D eigenvalue weighted by molar-refractivity contribution is 7.99. The van der Waals surface area contributed by atoms with Crippen molar-refractivity contribution in [2.45, 2.75) is 50.4 Å². The molecule has 0 atom stereocenters. The van der Waals surface area contributed by atoms with Gasteiger partial charge in [0.15, 0.2) is 0 Å². The van der Waals surface area contributed by atoms with Gasteiger partial charge in [-0.1, -0.05) is 6.58 Å². The molecular formula is C19H24N4OS3. The van der Waals surface area contributed by atoms with Crippen molar-refractivity contribution in [3.63, 3.8) is 0 Å². The smallest absolute Gasteiger partial charge is 0.289 e. The third-order valence-corrected chi connectivity index (χ3v) is 7.81. The standard InChI is InChI=1S/C19H24N4OS3/c1-11(2)21-27-17-7-16-12(3)22(10-15-8-20-13(4)25-15)19(24)23(18(16)26-17)9-14-5-6-14/h7-8,11,14,21H,3,5-6,9-10H2,1-2,4H3. The molecule has 0 radical (unpaired) electrons. The minimum absolute atomic E-state index is 0.0423. The predicted molar refractivity (Wildman–Crippen MR) is 115 cm³/mol. The van der Waals surface area contributed by atoms with E-state index >= 15 is 0 Å². The molecule has 0 spiro atoms. The zero-order valence-corrected chi connectivity index (χ0v) is 18.3. The predicted octanol–water partition coefficient (Wildman–Crippen LogP) is 5.34. The van der Waals surface area contributed by atoms with Crippen molar-refractivity contribution < 1.29 is 4.79 Å². The van der Waals surface area contributed by atoms with Crippen LogP contribution < -0.4 is 9.62 Å². The van der Waals surface area contributed by atoms with Crippen molar-refractivity contribution in [1.82, 2.24) is 14.6 Å². The lowest BCUT2D eigenvalue weighted by Gasteiger charge is -2.36. The number of hydrogen-bond acceptors (Lipinski definition) is 6. The quantitative estimate of drug-likeness (QED) is 0.614. The Labute approximate surface area is 172 Å². The first-order valence-corrected chi connectivity index (χ1v) is 11.6. The maximum Gasteiger partial charge on any atom is 0.329 e. The number of urea groups is 1. The Balaban J connectivity index is 1.64. The van der Waals surface area contributed by atoms with Gasteiger partial charge in [-0.15, -0.1) is 22.7 Å². The van der Waals surface area contributed by atoms with E-state index in [-0.39, 0.29) is 6.03 Å². The lowest BCUT2D eigenvalue weighted by molar-refractivity contribution is 0.222. The highest BCUT2D eigenvalue weighted by atomic mass is 32.2. The topological polar surface area (TPSA) is 48.5 Å². The van der Waals surface area contributed by atoms with Gasteiger partial charge in [0.1, 0.15) is 5.00 Å². The van der Waals surface area contributed by atoms with Crippen LogP contribution in [-0.2, 0) is 6.54 Å². The van der Waals surface area contributed by atoms with Gasteiger partial charge in [-0.25, -0.2) is 9.78 Å². The van der Waals surface area contributed by atoms with E-state index in [1.165, 1.54) is 17.1 Å². The average molecular weight is 421 g/mol. The van der Waals surface area contributed by atoms with Crippen LogP contribution in [0.5, 0.6) is 0 Å². The minimum atomic E-state index is 0.0423. The van der Waals surface area contributed by atoms with E-state index in [2.05, 4.69) is 36.2 Å². The number of nitrogens with zero attached hydrogens (tertiary/aromatic N) is 3. The molecule has 2 aromatic heterocycles. The summed E-state index contributed by atoms with van der Waals surface area (Å²) < 4.78 is 4.56. The second kappa shape index (κ2) is 7.58. The highest BCUT2D eigenvalue weighted by Gasteiger charge is 2.38. The first-order valence-electron chi connectivity index (χ1n) is 9.18. The van der Waals surface area contributed by atoms with Gasteiger partial charge < -0.3 is 0 Å². The molecule has 4 rings (SSSR count). The second-order valence-corrected chi connectivity index (χ2v) is 10.9. The van der Waals surface area contributed by atoms with Crippen LogP contribution in [0, 0.1) is 12.8 Å². The van der Waals surface area contributed by atoms with E-state index in [1.54, 1.807) is 34.6 Å². The average Bonchev–Trinajstić information content (AvgIpc) is 3.19. The molecule has 1 fully saturated rings. The van der Waals surface area contributed by atoms with Gasteiger partial charge >= 0.3 is 6.03 Å². The number of thiophene rings is 1. The monoisotopic (exact) mass is 420 g/mol. The van der Waals surface area contributed by atoms with E-state index < -0.39 is 0 Å². The summed E-state index contributed by atoms with van der Waals surface area (Å²) >= 11 is 4.95. The number of anilines is 1. The van der Waals surface area contributed by atoms with Crippen LogP contribution in [0.2, 0.25) is 0 Å². The molecule has 144 valence electrons. The van der Waals surface area contributed by atoms with Crippen molar-refractivity contribution in [1.29, 1.82) is 0 Å². The molecule has 3 heterocycles. The summed E-state index contributed by atoms with van der Waals surface area (Å²) in [4.78, 5) is 22.5. The summed E-state index contributed by atoms with van der Waals surface area (Å²) in [6.45, 7) is 11.8. The van der Waals surface area contributed by atoms with Crippen molar-refractivity contribution in [2.24, 2.45) is 5.92 Å². The number of aromatic nitrogens is 1. The van der Waals surface area contributed by atoms with Gasteiger partial charge in [0, 0.05) is 34.9 Å². The van der Waals surface area contributed by atoms with Crippen LogP contribution in [0.3, 0.4) is 0 Å². The second-order valence-electron chi connectivity index (χ2n) is 7.37. The van der Waals surface area contributed by atoms with E-state index in [9.17, 15) is 4.79 Å². The third-order valence-electron chi connectivity index (χ3n) is 4.55. The first kappa shape index (κ1) is 19.0. The Morgan fingerprint density at radius 2 is 2.15 bits per heavy atom. The summed E-state index contributed by atoms with van der Waals surface area (Å²) in [6, 6.07) is 2.60. The number of hydrogen-bond donors (Lipinski definition) is 1. The van der Waals surface area contributed by atoms with Crippen LogP contribution >= 0.6 is 34.6 Å². The van der Waals surface area contributed by atoms with Gasteiger partial charge in [0.2, 0.25) is 0 Å². The molecule has 27 heavy (non-hydrogen) atoms. The van der Waals surface area contributed by atoms with E-state index in [0.29, 0.717) is 18.5 Å². The lowest BCUT2D eigenvalue weighted by Crippen LogP contribution is -2.46. The molecular weight excluding hydrogens is 396 g/mol. The van der Waals surface area contributed by atoms with Crippen molar-refractivity contribution >= 4 is 51.4 Å². The molecule has 0 saturated heterocycles. The molecule has 1 saturated carbocycles. The summed E-state index contributed by atoms with van der Waals surface area (Å²) in [5.74, 6) is 0.632. The molecule has 2 aromatic rings. The third kappa shape index (κ3) is 4.08. The molecule has 2 aliphatic rings. The van der Waals surface area contributed by atoms with Gasteiger partial charge in [0.25, 0.3) is 0 Å². The zero-order chi connectivity index (χ0) is 19.1. The largest absolute Gasteiger partial charge is 0.329 e. The van der Waals surface area contributed by atoms with Crippen LogP contribution in [-0.4, -0.2) is 28.5 Å². The van der Waals surface area contributed by atoms with Gasteiger partial charge in [-0.2, -0.15) is 0 Å². The van der Waals surface area contributed by atoms with Crippen molar-refractivity contribution in [3.05, 3.63) is 34.3 Å². The lowest BCUT2D eigenvalue weighted by atomic mass is 10.1. The number of amides is 2. The summed E-state index contributed by atoms with van der Waals surface area (Å²) in [6.07, 6.45) is 4.30. The normalized spacial score (nSPS) is 17.2. The summed E-state index contributed by atoms with van der Waals surface area (Å²) in [5.41, 5.74) is 1.87. The highest BCUT2D eigenvalue weighted by Crippen LogP contribution is 2.46. The maximum absolute atomic E-state index is 13.3.